The highest BCUT2D eigenvalue weighted by molar-refractivity contribution is 5.73. The van der Waals surface area contributed by atoms with Gasteiger partial charge in [0.25, 0.3) is 0 Å². The first-order valence-corrected chi connectivity index (χ1v) is 9.35. The van der Waals surface area contributed by atoms with Crippen LogP contribution in [0.2, 0.25) is 0 Å². The van der Waals surface area contributed by atoms with E-state index < -0.39 is 29.6 Å². The molecule has 3 aromatic rings. The maximum Gasteiger partial charge on any atom is 0.200 e. The third-order valence-corrected chi connectivity index (χ3v) is 5.15. The standard InChI is InChI=1S/C24H18F4O2/c1-3-13-4-6-17(18(25)8-13)15-10-19(26)23(20(27)11-15)16-9-14-5-7-22(29-2)30-24(14)21(28)12-16/h3-4,6,8-12,22H,1,5,7H2,2H3. The number of rotatable bonds is 4. The number of fused-ring (bicyclic) bond motifs is 1. The minimum absolute atomic E-state index is 0.0265. The highest BCUT2D eigenvalue weighted by atomic mass is 19.1. The number of methoxy groups -OCH3 is 1. The predicted molar refractivity (Wildman–Crippen MR) is 107 cm³/mol. The van der Waals surface area contributed by atoms with E-state index in [9.17, 15) is 17.6 Å². The lowest BCUT2D eigenvalue weighted by Gasteiger charge is -2.25. The Morgan fingerprint density at radius 2 is 1.63 bits per heavy atom. The Kier molecular flexibility index (Phi) is 5.35. The van der Waals surface area contributed by atoms with E-state index in [-0.39, 0.29) is 28.0 Å². The quantitative estimate of drug-likeness (QED) is 0.453. The first kappa shape index (κ1) is 20.2. The van der Waals surface area contributed by atoms with Crippen molar-refractivity contribution < 1.29 is 27.0 Å². The Morgan fingerprint density at radius 3 is 2.27 bits per heavy atom. The molecule has 2 nitrogen and oxygen atoms in total. The zero-order valence-electron chi connectivity index (χ0n) is 16.1. The van der Waals surface area contributed by atoms with Crippen LogP contribution in [0.5, 0.6) is 5.75 Å². The lowest BCUT2D eigenvalue weighted by molar-refractivity contribution is -0.0674. The van der Waals surface area contributed by atoms with E-state index >= 15 is 0 Å². The van der Waals surface area contributed by atoms with E-state index in [0.29, 0.717) is 24.0 Å². The van der Waals surface area contributed by atoms with Gasteiger partial charge in [0.2, 0.25) is 0 Å². The molecule has 0 fully saturated rings. The molecule has 0 spiro atoms. The zero-order valence-corrected chi connectivity index (χ0v) is 16.1. The number of aryl methyl sites for hydroxylation is 1. The molecule has 0 aliphatic carbocycles. The van der Waals surface area contributed by atoms with Crippen molar-refractivity contribution in [2.45, 2.75) is 19.1 Å². The second-order valence-electron chi connectivity index (χ2n) is 7.03. The Labute approximate surface area is 171 Å². The van der Waals surface area contributed by atoms with Crippen molar-refractivity contribution in [2.24, 2.45) is 0 Å². The summed E-state index contributed by atoms with van der Waals surface area (Å²) >= 11 is 0. The molecule has 154 valence electrons. The number of benzene rings is 3. The largest absolute Gasteiger partial charge is 0.462 e. The van der Waals surface area contributed by atoms with E-state index in [1.165, 1.54) is 31.4 Å². The van der Waals surface area contributed by atoms with E-state index in [1.807, 2.05) is 0 Å². The SMILES string of the molecule is C=Cc1ccc(-c2cc(F)c(-c3cc(F)c4c(c3)CCC(OC)O4)c(F)c2)c(F)c1. The summed E-state index contributed by atoms with van der Waals surface area (Å²) in [5.41, 5.74) is 0.836. The Bertz CT molecular complexity index is 1120. The molecule has 1 unspecified atom stereocenters. The minimum Gasteiger partial charge on any atom is -0.462 e. The van der Waals surface area contributed by atoms with Gasteiger partial charge in [0.15, 0.2) is 17.9 Å². The third-order valence-electron chi connectivity index (χ3n) is 5.15. The molecular weight excluding hydrogens is 396 g/mol. The maximum absolute atomic E-state index is 14.9. The number of halogens is 4. The lowest BCUT2D eigenvalue weighted by atomic mass is 9.95. The average Bonchev–Trinajstić information content (AvgIpc) is 2.73. The molecule has 1 atom stereocenters. The summed E-state index contributed by atoms with van der Waals surface area (Å²) < 4.78 is 69.2. The normalized spacial score (nSPS) is 15.4. The van der Waals surface area contributed by atoms with Crippen LogP contribution in [-0.4, -0.2) is 13.4 Å². The minimum atomic E-state index is -0.914. The molecule has 0 saturated carbocycles. The molecule has 0 amide bonds. The highest BCUT2D eigenvalue weighted by Crippen LogP contribution is 2.38. The Morgan fingerprint density at radius 1 is 0.933 bits per heavy atom. The second kappa shape index (κ2) is 7.95. The van der Waals surface area contributed by atoms with Crippen LogP contribution in [0.1, 0.15) is 17.5 Å². The molecule has 0 aromatic heterocycles. The molecule has 30 heavy (non-hydrogen) atoms. The van der Waals surface area contributed by atoms with E-state index in [4.69, 9.17) is 9.47 Å². The van der Waals surface area contributed by atoms with Gasteiger partial charge >= 0.3 is 0 Å². The van der Waals surface area contributed by atoms with Crippen LogP contribution in [-0.2, 0) is 11.2 Å². The van der Waals surface area contributed by atoms with Crippen LogP contribution < -0.4 is 4.74 Å². The van der Waals surface area contributed by atoms with Gasteiger partial charge in [-0.25, -0.2) is 17.6 Å². The van der Waals surface area contributed by atoms with Crippen molar-refractivity contribution >= 4 is 6.08 Å². The molecule has 3 aromatic carbocycles. The van der Waals surface area contributed by atoms with E-state index in [0.717, 1.165) is 18.2 Å². The van der Waals surface area contributed by atoms with Gasteiger partial charge in [-0.15, -0.1) is 0 Å². The summed E-state index contributed by atoms with van der Waals surface area (Å²) in [7, 11) is 1.46. The summed E-state index contributed by atoms with van der Waals surface area (Å²) in [6.07, 6.45) is 1.85. The molecule has 1 heterocycles. The smallest absolute Gasteiger partial charge is 0.200 e. The van der Waals surface area contributed by atoms with Gasteiger partial charge in [0.1, 0.15) is 17.5 Å². The van der Waals surface area contributed by atoms with E-state index in [2.05, 4.69) is 6.58 Å². The fourth-order valence-corrected chi connectivity index (χ4v) is 3.64. The van der Waals surface area contributed by atoms with Crippen molar-refractivity contribution in [1.82, 2.24) is 0 Å². The average molecular weight is 414 g/mol. The third kappa shape index (κ3) is 3.59. The van der Waals surface area contributed by atoms with Crippen LogP contribution in [0.25, 0.3) is 28.3 Å². The van der Waals surface area contributed by atoms with Crippen LogP contribution >= 0.6 is 0 Å². The first-order valence-electron chi connectivity index (χ1n) is 9.35. The summed E-state index contributed by atoms with van der Waals surface area (Å²) in [5.74, 6) is -3.15. The van der Waals surface area contributed by atoms with Gasteiger partial charge in [0, 0.05) is 19.1 Å². The summed E-state index contributed by atoms with van der Waals surface area (Å²) in [6.45, 7) is 3.56. The predicted octanol–water partition coefficient (Wildman–Crippen LogP) is 6.52. The molecular formula is C24H18F4O2. The summed E-state index contributed by atoms with van der Waals surface area (Å²) in [6, 6.07) is 8.88. The molecule has 0 N–H and O–H groups in total. The van der Waals surface area contributed by atoms with Gasteiger partial charge in [-0.3, -0.25) is 0 Å². The first-order chi connectivity index (χ1) is 14.4. The Hall–Kier alpha value is -3.12. The van der Waals surface area contributed by atoms with Crippen LogP contribution in [0.3, 0.4) is 0 Å². The van der Waals surface area contributed by atoms with Crippen molar-refractivity contribution in [2.75, 3.05) is 7.11 Å². The zero-order chi connectivity index (χ0) is 21.4. The molecule has 1 aliphatic heterocycles. The van der Waals surface area contributed by atoms with Gasteiger partial charge < -0.3 is 9.47 Å². The van der Waals surface area contributed by atoms with Crippen molar-refractivity contribution in [3.05, 3.63) is 83.4 Å². The van der Waals surface area contributed by atoms with Crippen LogP contribution in [0, 0.1) is 23.3 Å². The monoisotopic (exact) mass is 414 g/mol. The maximum atomic E-state index is 14.9. The molecule has 0 saturated heterocycles. The molecule has 0 radical (unpaired) electrons. The topological polar surface area (TPSA) is 18.5 Å². The fraction of sp³-hybridized carbons (Fsp3) is 0.167. The number of hydrogen-bond acceptors (Lipinski definition) is 2. The summed E-state index contributed by atoms with van der Waals surface area (Å²) in [5, 5.41) is 0. The fourth-order valence-electron chi connectivity index (χ4n) is 3.64. The Balaban J connectivity index is 1.77. The van der Waals surface area contributed by atoms with Crippen LogP contribution in [0.15, 0.2) is 49.0 Å². The van der Waals surface area contributed by atoms with Crippen molar-refractivity contribution in [3.63, 3.8) is 0 Å². The second-order valence-corrected chi connectivity index (χ2v) is 7.03. The molecule has 4 rings (SSSR count). The number of hydrogen-bond donors (Lipinski definition) is 0. The van der Waals surface area contributed by atoms with Crippen molar-refractivity contribution in [1.29, 1.82) is 0 Å². The van der Waals surface area contributed by atoms with Gasteiger partial charge in [-0.1, -0.05) is 24.8 Å². The van der Waals surface area contributed by atoms with Crippen molar-refractivity contribution in [3.8, 4) is 28.0 Å². The molecule has 0 bridgehead atoms. The molecule has 1 aliphatic rings. The van der Waals surface area contributed by atoms with Gasteiger partial charge in [-0.05, 0) is 59.0 Å². The lowest BCUT2D eigenvalue weighted by Crippen LogP contribution is -2.25. The highest BCUT2D eigenvalue weighted by Gasteiger charge is 2.25. The van der Waals surface area contributed by atoms with E-state index in [1.54, 1.807) is 6.07 Å². The number of ether oxygens (including phenoxy) is 2. The van der Waals surface area contributed by atoms with Gasteiger partial charge in [0.05, 0.1) is 5.56 Å². The van der Waals surface area contributed by atoms with Crippen LogP contribution in [0.4, 0.5) is 17.6 Å². The van der Waals surface area contributed by atoms with Gasteiger partial charge in [-0.2, -0.15) is 0 Å². The summed E-state index contributed by atoms with van der Waals surface area (Å²) in [4.78, 5) is 0. The molecule has 6 heteroatoms.